The molecule has 0 saturated heterocycles. The van der Waals surface area contributed by atoms with Crippen LogP contribution < -0.4 is 0 Å². The van der Waals surface area contributed by atoms with E-state index < -0.39 is 0 Å². The quantitative estimate of drug-likeness (QED) is 0.184. The Hall–Kier alpha value is -2.68. The van der Waals surface area contributed by atoms with Crippen molar-refractivity contribution in [1.82, 2.24) is 8.75 Å². The van der Waals surface area contributed by atoms with Crippen LogP contribution in [-0.2, 0) is 12.8 Å². The van der Waals surface area contributed by atoms with Gasteiger partial charge in [-0.3, -0.25) is 0 Å². The maximum Gasteiger partial charge on any atom is 0.114 e. The molecule has 41 heavy (non-hydrogen) atoms. The first-order valence-corrected chi connectivity index (χ1v) is 18.1. The van der Waals surface area contributed by atoms with Crippen molar-refractivity contribution in [3.8, 4) is 20.9 Å². The van der Waals surface area contributed by atoms with Gasteiger partial charge in [0.05, 0.1) is 11.7 Å². The van der Waals surface area contributed by atoms with Crippen LogP contribution in [0, 0.1) is 11.8 Å². The monoisotopic (exact) mass is 624 g/mol. The fourth-order valence-corrected chi connectivity index (χ4v) is 11.2. The Morgan fingerprint density at radius 3 is 1.32 bits per heavy atom. The van der Waals surface area contributed by atoms with Gasteiger partial charge in [0.15, 0.2) is 0 Å². The standard InChI is InChI=1S/C34H28N2S5/c1-17(2)7-23-9-19-11-29-21(13-27(19)37-23)15-31(39-29)25-5-6-26(34-33(25)35-41-36-34)32-16-22-14-28-20(12-30(22)40-32)10-24(38-28)8-18(3)4/h5-6,9-18H,7-8H2,1-4H3. The van der Waals surface area contributed by atoms with Gasteiger partial charge in [-0.1, -0.05) is 39.8 Å². The van der Waals surface area contributed by atoms with Crippen molar-refractivity contribution in [2.24, 2.45) is 11.8 Å². The van der Waals surface area contributed by atoms with Crippen molar-refractivity contribution >= 4 is 108 Å². The SMILES string of the molecule is CC(C)Cc1cc2cc3sc(-c4ccc(-c5cc6cc7sc(CC(C)C)cc7cc6s5)c5nsnc45)cc3cc2s1. The zero-order valence-corrected chi connectivity index (χ0v) is 27.4. The molecule has 0 amide bonds. The molecule has 0 spiro atoms. The van der Waals surface area contributed by atoms with Gasteiger partial charge in [0.2, 0.25) is 0 Å². The summed E-state index contributed by atoms with van der Waals surface area (Å²) in [5, 5.41) is 5.36. The van der Waals surface area contributed by atoms with E-state index in [0.717, 1.165) is 23.9 Å². The summed E-state index contributed by atoms with van der Waals surface area (Å²) in [4.78, 5) is 5.49. The largest absolute Gasteiger partial charge is 0.172 e. The summed E-state index contributed by atoms with van der Waals surface area (Å²) in [6, 6.07) is 23.5. The summed E-state index contributed by atoms with van der Waals surface area (Å²) in [5.74, 6) is 1.36. The van der Waals surface area contributed by atoms with E-state index in [9.17, 15) is 0 Å². The van der Waals surface area contributed by atoms with Crippen LogP contribution in [0.3, 0.4) is 0 Å². The summed E-state index contributed by atoms with van der Waals surface area (Å²) in [6.45, 7) is 9.17. The summed E-state index contributed by atoms with van der Waals surface area (Å²) in [6.07, 6.45) is 2.30. The third-order valence-corrected chi connectivity index (χ3v) is 12.6. The number of rotatable bonds is 6. The van der Waals surface area contributed by atoms with Gasteiger partial charge in [-0.05, 0) is 94.8 Å². The summed E-state index contributed by atoms with van der Waals surface area (Å²) >= 11 is 8.93. The van der Waals surface area contributed by atoms with Gasteiger partial charge >= 0.3 is 0 Å². The number of fused-ring (bicyclic) bond motifs is 5. The van der Waals surface area contributed by atoms with Crippen LogP contribution in [0.4, 0.5) is 0 Å². The van der Waals surface area contributed by atoms with Crippen LogP contribution in [0.5, 0.6) is 0 Å². The summed E-state index contributed by atoms with van der Waals surface area (Å²) < 4.78 is 15.0. The minimum atomic E-state index is 0.681. The van der Waals surface area contributed by atoms with Gasteiger partial charge in [-0.25, -0.2) is 0 Å². The maximum absolute atomic E-state index is 4.80. The second-order valence-electron chi connectivity index (χ2n) is 11.8. The highest BCUT2D eigenvalue weighted by Gasteiger charge is 2.18. The zero-order chi connectivity index (χ0) is 27.8. The molecule has 0 unspecified atom stereocenters. The molecule has 0 bridgehead atoms. The third-order valence-electron chi connectivity index (χ3n) is 7.58. The number of hydrogen-bond acceptors (Lipinski definition) is 7. The molecule has 0 atom stereocenters. The lowest BCUT2D eigenvalue weighted by Gasteiger charge is -2.03. The van der Waals surface area contributed by atoms with Crippen LogP contribution in [0.1, 0.15) is 37.4 Å². The third kappa shape index (κ3) is 4.63. The number of nitrogens with zero attached hydrogens (tertiary/aromatic N) is 2. The molecular formula is C34H28N2S5. The Bertz CT molecular complexity index is 1970. The van der Waals surface area contributed by atoms with Gasteiger partial charge in [-0.2, -0.15) is 8.75 Å². The highest BCUT2D eigenvalue weighted by Crippen LogP contribution is 2.44. The molecule has 0 fully saturated rings. The summed E-state index contributed by atoms with van der Waals surface area (Å²) in [5.41, 5.74) is 4.39. The van der Waals surface area contributed by atoms with Crippen molar-refractivity contribution in [2.45, 2.75) is 40.5 Å². The van der Waals surface area contributed by atoms with Crippen LogP contribution in [0.2, 0.25) is 0 Å². The van der Waals surface area contributed by atoms with Gasteiger partial charge < -0.3 is 0 Å². The Kier molecular flexibility index (Phi) is 6.31. The number of thiophene rings is 4. The summed E-state index contributed by atoms with van der Waals surface area (Å²) in [7, 11) is 0. The molecule has 8 rings (SSSR count). The van der Waals surface area contributed by atoms with Gasteiger partial charge in [0.25, 0.3) is 0 Å². The van der Waals surface area contributed by atoms with E-state index >= 15 is 0 Å². The maximum atomic E-state index is 4.80. The fourth-order valence-electron chi connectivity index (χ4n) is 5.79. The lowest BCUT2D eigenvalue weighted by Crippen LogP contribution is -1.89. The van der Waals surface area contributed by atoms with Gasteiger partial charge in [0.1, 0.15) is 11.0 Å². The second kappa shape index (κ2) is 9.96. The number of benzene rings is 3. The van der Waals surface area contributed by atoms with E-state index in [1.807, 2.05) is 45.3 Å². The average molecular weight is 625 g/mol. The molecule has 0 radical (unpaired) electrons. The van der Waals surface area contributed by atoms with E-state index in [1.165, 1.54) is 82.7 Å². The molecule has 0 aliphatic carbocycles. The van der Waals surface area contributed by atoms with E-state index in [2.05, 4.69) is 88.4 Å². The number of aromatic nitrogens is 2. The predicted octanol–water partition coefficient (Wildman–Crippen LogP) is 12.3. The minimum absolute atomic E-state index is 0.681. The highest BCUT2D eigenvalue weighted by molar-refractivity contribution is 7.23. The lowest BCUT2D eigenvalue weighted by molar-refractivity contribution is 0.654. The Balaban J connectivity index is 1.18. The molecule has 0 N–H and O–H groups in total. The molecule has 0 aliphatic heterocycles. The first-order chi connectivity index (χ1) is 19.9. The van der Waals surface area contributed by atoms with Crippen molar-refractivity contribution in [3.05, 3.63) is 70.4 Å². The Morgan fingerprint density at radius 1 is 0.512 bits per heavy atom. The second-order valence-corrected chi connectivity index (χ2v) is 16.9. The smallest absolute Gasteiger partial charge is 0.114 e. The molecular weight excluding hydrogens is 597 g/mol. The first kappa shape index (κ1) is 26.0. The molecule has 5 aromatic heterocycles. The van der Waals surface area contributed by atoms with Gasteiger partial charge in [0, 0.05) is 49.4 Å². The van der Waals surface area contributed by atoms with Crippen LogP contribution in [0.25, 0.3) is 72.3 Å². The highest BCUT2D eigenvalue weighted by atomic mass is 32.1. The predicted molar refractivity (Wildman–Crippen MR) is 187 cm³/mol. The zero-order valence-electron chi connectivity index (χ0n) is 23.3. The lowest BCUT2D eigenvalue weighted by atomic mass is 10.0. The Morgan fingerprint density at radius 2 is 0.902 bits per heavy atom. The van der Waals surface area contributed by atoms with E-state index in [1.54, 1.807) is 0 Å². The topological polar surface area (TPSA) is 25.8 Å². The molecule has 0 saturated carbocycles. The van der Waals surface area contributed by atoms with Crippen LogP contribution >= 0.6 is 57.1 Å². The van der Waals surface area contributed by atoms with Crippen LogP contribution in [-0.4, -0.2) is 8.75 Å². The van der Waals surface area contributed by atoms with E-state index in [0.29, 0.717) is 11.8 Å². The van der Waals surface area contributed by atoms with Crippen molar-refractivity contribution in [2.75, 3.05) is 0 Å². The molecule has 0 aliphatic rings. The molecule has 2 nitrogen and oxygen atoms in total. The molecule has 3 aromatic carbocycles. The van der Waals surface area contributed by atoms with E-state index in [4.69, 9.17) is 8.75 Å². The molecule has 8 aromatic rings. The first-order valence-electron chi connectivity index (χ1n) is 14.1. The van der Waals surface area contributed by atoms with Crippen molar-refractivity contribution in [3.63, 3.8) is 0 Å². The molecule has 7 heteroatoms. The molecule has 204 valence electrons. The molecule has 5 heterocycles. The Labute approximate surface area is 259 Å². The minimum Gasteiger partial charge on any atom is -0.172 e. The van der Waals surface area contributed by atoms with Crippen molar-refractivity contribution in [1.29, 1.82) is 0 Å². The normalized spacial score (nSPS) is 12.5. The van der Waals surface area contributed by atoms with Gasteiger partial charge in [-0.15, -0.1) is 45.3 Å². The average Bonchev–Trinajstić information content (AvgIpc) is 3.73. The van der Waals surface area contributed by atoms with Crippen LogP contribution in [0.15, 0.2) is 60.7 Å². The fraction of sp³-hybridized carbons (Fsp3) is 0.235. The number of hydrogen-bond donors (Lipinski definition) is 0. The van der Waals surface area contributed by atoms with E-state index in [-0.39, 0.29) is 0 Å². The van der Waals surface area contributed by atoms with Crippen molar-refractivity contribution < 1.29 is 0 Å².